The van der Waals surface area contributed by atoms with Gasteiger partial charge in [0.15, 0.2) is 0 Å². The van der Waals surface area contributed by atoms with Crippen molar-refractivity contribution < 1.29 is 5.11 Å². The summed E-state index contributed by atoms with van der Waals surface area (Å²) in [5.74, 6) is 0.740. The molecule has 1 saturated heterocycles. The van der Waals surface area contributed by atoms with Crippen LogP contribution in [0.2, 0.25) is 0 Å². The van der Waals surface area contributed by atoms with Gasteiger partial charge in [0.25, 0.3) is 0 Å². The Kier molecular flexibility index (Phi) is 3.65. The van der Waals surface area contributed by atoms with Crippen molar-refractivity contribution in [1.29, 1.82) is 0 Å². The normalized spacial score (nSPS) is 29.6. The van der Waals surface area contributed by atoms with Gasteiger partial charge in [-0.1, -0.05) is 0 Å². The minimum absolute atomic E-state index is 0.354. The van der Waals surface area contributed by atoms with E-state index in [0.29, 0.717) is 12.0 Å². The first-order chi connectivity index (χ1) is 7.28. The van der Waals surface area contributed by atoms with Crippen LogP contribution in [-0.4, -0.2) is 42.8 Å². The van der Waals surface area contributed by atoms with Crippen LogP contribution in [-0.2, 0) is 0 Å². The largest absolute Gasteiger partial charge is 0.396 e. The van der Waals surface area contributed by atoms with Crippen LogP contribution in [0.1, 0.15) is 32.1 Å². The Balaban J connectivity index is 1.72. The van der Waals surface area contributed by atoms with Crippen LogP contribution < -0.4 is 5.73 Å². The highest BCUT2D eigenvalue weighted by molar-refractivity contribution is 4.96. The molecule has 1 aliphatic heterocycles. The molecular formula is C12H24N2O. The van der Waals surface area contributed by atoms with E-state index in [0.717, 1.165) is 18.9 Å². The summed E-state index contributed by atoms with van der Waals surface area (Å²) in [6, 6.07) is 0. The summed E-state index contributed by atoms with van der Waals surface area (Å²) >= 11 is 0. The van der Waals surface area contributed by atoms with Gasteiger partial charge in [-0.05, 0) is 56.5 Å². The SMILES string of the molecule is NCCC1(CN2CCC(CCO)C2)CC1. The fourth-order valence-electron chi connectivity index (χ4n) is 2.92. The van der Waals surface area contributed by atoms with Crippen LogP contribution in [0.3, 0.4) is 0 Å². The second kappa shape index (κ2) is 4.81. The average Bonchev–Trinajstić information content (AvgIpc) is 2.80. The number of rotatable bonds is 6. The van der Waals surface area contributed by atoms with Gasteiger partial charge in [-0.15, -0.1) is 0 Å². The van der Waals surface area contributed by atoms with Gasteiger partial charge in [0.05, 0.1) is 0 Å². The lowest BCUT2D eigenvalue weighted by molar-refractivity contribution is 0.229. The topological polar surface area (TPSA) is 49.5 Å². The molecule has 3 N–H and O–H groups in total. The van der Waals surface area contributed by atoms with Crippen molar-refractivity contribution in [3.63, 3.8) is 0 Å². The maximum Gasteiger partial charge on any atom is 0.0434 e. The van der Waals surface area contributed by atoms with Crippen molar-refractivity contribution in [2.24, 2.45) is 17.1 Å². The number of nitrogens with two attached hydrogens (primary N) is 1. The van der Waals surface area contributed by atoms with Crippen molar-refractivity contribution in [3.8, 4) is 0 Å². The van der Waals surface area contributed by atoms with Crippen LogP contribution >= 0.6 is 0 Å². The molecule has 0 spiro atoms. The quantitative estimate of drug-likeness (QED) is 0.685. The minimum Gasteiger partial charge on any atom is -0.396 e. The second-order valence-corrected chi connectivity index (χ2v) is 5.44. The molecule has 0 bridgehead atoms. The molecule has 0 amide bonds. The van der Waals surface area contributed by atoms with Gasteiger partial charge in [-0.3, -0.25) is 0 Å². The Morgan fingerprint density at radius 3 is 2.80 bits per heavy atom. The van der Waals surface area contributed by atoms with Gasteiger partial charge in [-0.2, -0.15) is 0 Å². The highest BCUT2D eigenvalue weighted by atomic mass is 16.3. The lowest BCUT2D eigenvalue weighted by Gasteiger charge is -2.22. The molecule has 3 nitrogen and oxygen atoms in total. The maximum atomic E-state index is 8.91. The molecule has 0 aromatic heterocycles. The molecule has 2 aliphatic rings. The fraction of sp³-hybridized carbons (Fsp3) is 1.00. The highest BCUT2D eigenvalue weighted by Gasteiger charge is 2.43. The van der Waals surface area contributed by atoms with Crippen molar-refractivity contribution in [2.45, 2.75) is 32.1 Å². The zero-order valence-corrected chi connectivity index (χ0v) is 9.62. The molecule has 88 valence electrons. The summed E-state index contributed by atoms with van der Waals surface area (Å²) in [6.07, 6.45) is 6.23. The van der Waals surface area contributed by atoms with Gasteiger partial charge in [-0.25, -0.2) is 0 Å². The summed E-state index contributed by atoms with van der Waals surface area (Å²) in [5.41, 5.74) is 6.24. The summed E-state index contributed by atoms with van der Waals surface area (Å²) < 4.78 is 0. The van der Waals surface area contributed by atoms with Crippen LogP contribution in [0, 0.1) is 11.3 Å². The summed E-state index contributed by atoms with van der Waals surface area (Å²) in [6.45, 7) is 4.89. The molecule has 3 heteroatoms. The maximum absolute atomic E-state index is 8.91. The van der Waals surface area contributed by atoms with E-state index in [1.807, 2.05) is 0 Å². The van der Waals surface area contributed by atoms with E-state index in [2.05, 4.69) is 4.90 Å². The Hall–Kier alpha value is -0.120. The molecule has 1 heterocycles. The molecule has 15 heavy (non-hydrogen) atoms. The molecular weight excluding hydrogens is 188 g/mol. The molecule has 2 rings (SSSR count). The molecule has 0 radical (unpaired) electrons. The lowest BCUT2D eigenvalue weighted by Crippen LogP contribution is -2.30. The van der Waals surface area contributed by atoms with Crippen molar-refractivity contribution in [3.05, 3.63) is 0 Å². The van der Waals surface area contributed by atoms with E-state index >= 15 is 0 Å². The first-order valence-electron chi connectivity index (χ1n) is 6.31. The van der Waals surface area contributed by atoms with Crippen LogP contribution in [0.15, 0.2) is 0 Å². The fourth-order valence-corrected chi connectivity index (χ4v) is 2.92. The first kappa shape index (κ1) is 11.4. The molecule has 1 atom stereocenters. The molecule has 1 aliphatic carbocycles. The van der Waals surface area contributed by atoms with Crippen LogP contribution in [0.5, 0.6) is 0 Å². The standard InChI is InChI=1S/C12H24N2O/c13-6-5-12(3-4-12)10-14-7-1-11(9-14)2-8-15/h11,15H,1-10,13H2. The number of likely N-dealkylation sites (tertiary alicyclic amines) is 1. The Morgan fingerprint density at radius 1 is 1.40 bits per heavy atom. The number of hydrogen-bond donors (Lipinski definition) is 2. The minimum atomic E-state index is 0.354. The van der Waals surface area contributed by atoms with Gasteiger partial charge >= 0.3 is 0 Å². The number of aliphatic hydroxyl groups excluding tert-OH is 1. The van der Waals surface area contributed by atoms with E-state index in [-0.39, 0.29) is 0 Å². The van der Waals surface area contributed by atoms with E-state index in [9.17, 15) is 0 Å². The molecule has 1 saturated carbocycles. The average molecular weight is 212 g/mol. The van der Waals surface area contributed by atoms with E-state index in [1.54, 1.807) is 0 Å². The molecule has 0 aromatic carbocycles. The second-order valence-electron chi connectivity index (χ2n) is 5.44. The smallest absolute Gasteiger partial charge is 0.0434 e. The molecule has 1 unspecified atom stereocenters. The molecule has 2 fully saturated rings. The predicted molar refractivity (Wildman–Crippen MR) is 61.6 cm³/mol. The third kappa shape index (κ3) is 2.92. The number of nitrogens with zero attached hydrogens (tertiary/aromatic N) is 1. The van der Waals surface area contributed by atoms with Gasteiger partial charge in [0.2, 0.25) is 0 Å². The van der Waals surface area contributed by atoms with Gasteiger partial charge < -0.3 is 15.7 Å². The summed E-state index contributed by atoms with van der Waals surface area (Å²) in [7, 11) is 0. The third-order valence-electron chi connectivity index (χ3n) is 4.10. The van der Waals surface area contributed by atoms with E-state index in [4.69, 9.17) is 10.8 Å². The Labute approximate surface area is 92.6 Å². The van der Waals surface area contributed by atoms with Crippen LogP contribution in [0.25, 0.3) is 0 Å². The van der Waals surface area contributed by atoms with E-state index in [1.165, 1.54) is 45.3 Å². The Morgan fingerprint density at radius 2 is 2.20 bits per heavy atom. The number of aliphatic hydroxyl groups is 1. The molecule has 0 aromatic rings. The highest BCUT2D eigenvalue weighted by Crippen LogP contribution is 2.49. The van der Waals surface area contributed by atoms with Crippen LogP contribution in [0.4, 0.5) is 0 Å². The van der Waals surface area contributed by atoms with E-state index < -0.39 is 0 Å². The Bertz CT molecular complexity index is 204. The zero-order valence-electron chi connectivity index (χ0n) is 9.62. The third-order valence-corrected chi connectivity index (χ3v) is 4.10. The van der Waals surface area contributed by atoms with Gasteiger partial charge in [0, 0.05) is 19.7 Å². The first-order valence-corrected chi connectivity index (χ1v) is 6.31. The van der Waals surface area contributed by atoms with Crippen molar-refractivity contribution >= 4 is 0 Å². The van der Waals surface area contributed by atoms with Crippen molar-refractivity contribution in [1.82, 2.24) is 4.90 Å². The monoisotopic (exact) mass is 212 g/mol. The lowest BCUT2D eigenvalue weighted by atomic mass is 10.0. The van der Waals surface area contributed by atoms with Crippen molar-refractivity contribution in [2.75, 3.05) is 32.8 Å². The predicted octanol–water partition coefficient (Wildman–Crippen LogP) is 0.820. The summed E-state index contributed by atoms with van der Waals surface area (Å²) in [5, 5.41) is 8.91. The number of hydrogen-bond acceptors (Lipinski definition) is 3. The zero-order chi connectivity index (χ0) is 10.7. The summed E-state index contributed by atoms with van der Waals surface area (Å²) in [4.78, 5) is 2.59. The van der Waals surface area contributed by atoms with Gasteiger partial charge in [0.1, 0.15) is 0 Å².